The lowest BCUT2D eigenvalue weighted by molar-refractivity contribution is 1.02. The van der Waals surface area contributed by atoms with E-state index in [-0.39, 0.29) is 0 Å². The normalized spacial score (nSPS) is 18.4. The van der Waals surface area contributed by atoms with E-state index in [4.69, 9.17) is 0 Å². The molecule has 178 valence electrons. The first-order chi connectivity index (χ1) is 16.9. The molecule has 0 nitrogen and oxygen atoms in total. The molecule has 5 rings (SSSR count). The fraction of sp³-hybridized carbons (Fsp3) is 0.200. The predicted octanol–water partition coefficient (Wildman–Crippen LogP) is 11.4. The van der Waals surface area contributed by atoms with Crippen LogP contribution in [0.25, 0.3) is 21.1 Å². The highest BCUT2D eigenvalue weighted by Gasteiger charge is 2.25. The van der Waals surface area contributed by atoms with Crippen LogP contribution in [0.3, 0.4) is 0 Å². The molecule has 2 aliphatic heterocycles. The van der Waals surface area contributed by atoms with Gasteiger partial charge in [-0.15, -0.1) is 34.9 Å². The van der Waals surface area contributed by atoms with Crippen LogP contribution in [0, 0.1) is 6.92 Å². The molecule has 0 saturated heterocycles. The van der Waals surface area contributed by atoms with Gasteiger partial charge in [0.05, 0.1) is 0 Å². The first-order valence-electron chi connectivity index (χ1n) is 11.6. The summed E-state index contributed by atoms with van der Waals surface area (Å²) in [6.07, 6.45) is 16.3. The second-order valence-electron chi connectivity index (χ2n) is 8.63. The maximum atomic E-state index is 4.50. The minimum absolute atomic E-state index is 0.564. The van der Waals surface area contributed by atoms with Gasteiger partial charge in [-0.05, 0) is 71.9 Å². The van der Waals surface area contributed by atoms with E-state index >= 15 is 0 Å². The highest BCUT2D eigenvalue weighted by atomic mass is 32.2. The van der Waals surface area contributed by atoms with Gasteiger partial charge >= 0.3 is 0 Å². The van der Waals surface area contributed by atoms with E-state index in [9.17, 15) is 0 Å². The second-order valence-corrected chi connectivity index (χ2v) is 14.4. The Kier molecular flexibility index (Phi) is 7.81. The van der Waals surface area contributed by atoms with E-state index in [0.717, 1.165) is 11.3 Å². The minimum atomic E-state index is 0.564. The van der Waals surface area contributed by atoms with Crippen molar-refractivity contribution in [2.24, 2.45) is 0 Å². The van der Waals surface area contributed by atoms with Crippen LogP contribution in [0.2, 0.25) is 0 Å². The molecular formula is C30H28S5. The van der Waals surface area contributed by atoms with Crippen LogP contribution in [-0.2, 0) is 0 Å². The number of hydrogen-bond donors (Lipinski definition) is 0. The third kappa shape index (κ3) is 5.30. The van der Waals surface area contributed by atoms with Crippen LogP contribution in [0.5, 0.6) is 0 Å². The van der Waals surface area contributed by atoms with Gasteiger partial charge in [0.25, 0.3) is 0 Å². The maximum absolute atomic E-state index is 4.50. The SMILES string of the molecule is C=C1Sc2c(ccc(/C=C/C=C/C=C(/C)SC)c2C)Sc2c1ccc1cc(C3CC=C(C)S3)sc21. The van der Waals surface area contributed by atoms with Crippen LogP contribution in [0.15, 0.2) is 91.8 Å². The molecule has 3 aromatic rings. The van der Waals surface area contributed by atoms with E-state index in [1.807, 2.05) is 46.6 Å². The molecule has 0 fully saturated rings. The van der Waals surface area contributed by atoms with Crippen molar-refractivity contribution in [3.63, 3.8) is 0 Å². The topological polar surface area (TPSA) is 0 Å². The van der Waals surface area contributed by atoms with Gasteiger partial charge in [-0.1, -0.05) is 84.8 Å². The van der Waals surface area contributed by atoms with Gasteiger partial charge < -0.3 is 0 Å². The molecule has 0 radical (unpaired) electrons. The largest absolute Gasteiger partial charge is 0.138 e. The van der Waals surface area contributed by atoms with E-state index in [2.05, 4.69) is 100 Å². The molecule has 0 saturated carbocycles. The molecule has 0 N–H and O–H groups in total. The van der Waals surface area contributed by atoms with Gasteiger partial charge in [-0.3, -0.25) is 0 Å². The van der Waals surface area contributed by atoms with E-state index in [0.29, 0.717) is 5.25 Å². The van der Waals surface area contributed by atoms with Crippen molar-refractivity contribution in [1.29, 1.82) is 0 Å². The average molecular weight is 549 g/mol. The Morgan fingerprint density at radius 3 is 2.69 bits per heavy atom. The van der Waals surface area contributed by atoms with Crippen molar-refractivity contribution < 1.29 is 0 Å². The summed E-state index contributed by atoms with van der Waals surface area (Å²) in [5.74, 6) is 0. The summed E-state index contributed by atoms with van der Waals surface area (Å²) in [4.78, 5) is 9.40. The predicted molar refractivity (Wildman–Crippen MR) is 166 cm³/mol. The van der Waals surface area contributed by atoms with Gasteiger partial charge in [-0.25, -0.2) is 0 Å². The number of thioether (sulfide) groups is 3. The minimum Gasteiger partial charge on any atom is -0.138 e. The molecule has 3 heterocycles. The summed E-state index contributed by atoms with van der Waals surface area (Å²) < 4.78 is 1.41. The smallest absolute Gasteiger partial charge is 0.0492 e. The molecule has 35 heavy (non-hydrogen) atoms. The monoisotopic (exact) mass is 548 g/mol. The fourth-order valence-corrected chi connectivity index (χ4v) is 9.45. The molecule has 5 heteroatoms. The molecular weight excluding hydrogens is 521 g/mol. The Morgan fingerprint density at radius 2 is 1.91 bits per heavy atom. The van der Waals surface area contributed by atoms with Gasteiger partial charge in [0, 0.05) is 40.0 Å². The van der Waals surface area contributed by atoms with Crippen LogP contribution in [0.4, 0.5) is 0 Å². The van der Waals surface area contributed by atoms with Crippen LogP contribution in [-0.4, -0.2) is 6.26 Å². The Hall–Kier alpha value is -1.50. The second kappa shape index (κ2) is 10.9. The molecule has 0 amide bonds. The number of thiophene rings is 1. The molecule has 0 spiro atoms. The highest BCUT2D eigenvalue weighted by Crippen LogP contribution is 2.54. The lowest BCUT2D eigenvalue weighted by Gasteiger charge is -2.11. The Bertz CT molecular complexity index is 1430. The first-order valence-corrected chi connectivity index (χ1v) is 16.1. The van der Waals surface area contributed by atoms with Crippen molar-refractivity contribution in [3.05, 3.63) is 98.7 Å². The number of fused-ring (bicyclic) bond motifs is 4. The van der Waals surface area contributed by atoms with Crippen molar-refractivity contribution in [1.82, 2.24) is 0 Å². The molecule has 2 aromatic carbocycles. The van der Waals surface area contributed by atoms with E-state index in [1.54, 1.807) is 11.8 Å². The lowest BCUT2D eigenvalue weighted by Crippen LogP contribution is -1.87. The van der Waals surface area contributed by atoms with Crippen molar-refractivity contribution in [2.45, 2.75) is 47.1 Å². The zero-order chi connectivity index (χ0) is 24.5. The third-order valence-corrected chi connectivity index (χ3v) is 12.3. The van der Waals surface area contributed by atoms with Gasteiger partial charge in [-0.2, -0.15) is 0 Å². The van der Waals surface area contributed by atoms with Crippen molar-refractivity contribution in [3.8, 4) is 0 Å². The van der Waals surface area contributed by atoms with Crippen molar-refractivity contribution >= 4 is 79.5 Å². The zero-order valence-electron chi connectivity index (χ0n) is 20.4. The van der Waals surface area contributed by atoms with Gasteiger partial charge in [0.1, 0.15) is 0 Å². The molecule has 0 aliphatic carbocycles. The average Bonchev–Trinajstić information content (AvgIpc) is 3.45. The zero-order valence-corrected chi connectivity index (χ0v) is 24.5. The summed E-state index contributed by atoms with van der Waals surface area (Å²) in [7, 11) is 0. The standard InChI is InChI=1S/C30H28S5/c1-18(31-5)9-7-6-8-10-22-13-16-26-28(20(22)3)33-21(4)24-14-12-23-17-27(25-15-11-19(2)32-25)35-29(23)30(24)34-26/h6-14,16-17,25H,4,15H2,1-3,5H3/b7-6+,10-8+,18-9-. The maximum Gasteiger partial charge on any atom is 0.0492 e. The van der Waals surface area contributed by atoms with E-state index < -0.39 is 0 Å². The lowest BCUT2D eigenvalue weighted by atomic mass is 10.1. The van der Waals surface area contributed by atoms with Crippen LogP contribution >= 0.6 is 58.4 Å². The summed E-state index contributed by atoms with van der Waals surface area (Å²) in [6, 6.07) is 11.5. The van der Waals surface area contributed by atoms with Gasteiger partial charge in [0.2, 0.25) is 0 Å². The Labute approximate surface area is 230 Å². The summed E-state index contributed by atoms with van der Waals surface area (Å²) in [6.45, 7) is 11.1. The molecule has 2 aliphatic rings. The van der Waals surface area contributed by atoms with Crippen molar-refractivity contribution in [2.75, 3.05) is 6.26 Å². The molecule has 1 unspecified atom stereocenters. The summed E-state index contributed by atoms with van der Waals surface area (Å²) in [5, 5.41) is 1.92. The molecule has 0 bridgehead atoms. The first kappa shape index (κ1) is 25.2. The number of rotatable bonds is 5. The Morgan fingerprint density at radius 1 is 1.06 bits per heavy atom. The number of benzene rings is 2. The number of allylic oxidation sites excluding steroid dienone is 7. The quantitative estimate of drug-likeness (QED) is 0.291. The van der Waals surface area contributed by atoms with Gasteiger partial charge in [0.15, 0.2) is 0 Å². The summed E-state index contributed by atoms with van der Waals surface area (Å²) in [5.41, 5.74) is 3.86. The van der Waals surface area contributed by atoms with Crippen LogP contribution in [0.1, 0.15) is 47.1 Å². The van der Waals surface area contributed by atoms with E-state index in [1.165, 1.54) is 56.2 Å². The third-order valence-electron chi connectivity index (χ3n) is 6.23. The Balaban J connectivity index is 1.47. The highest BCUT2D eigenvalue weighted by molar-refractivity contribution is 8.09. The summed E-state index contributed by atoms with van der Waals surface area (Å²) >= 11 is 9.49. The molecule has 1 atom stereocenters. The van der Waals surface area contributed by atoms with Crippen LogP contribution < -0.4 is 0 Å². The fourth-order valence-electron chi connectivity index (χ4n) is 4.19. The molecule has 1 aromatic heterocycles. The number of hydrogen-bond acceptors (Lipinski definition) is 5.